The number of carbonyl (C=O) groups excluding carboxylic acids is 1. The van der Waals surface area contributed by atoms with Gasteiger partial charge in [0.15, 0.2) is 0 Å². The van der Waals surface area contributed by atoms with Crippen molar-refractivity contribution in [3.05, 3.63) is 35.9 Å². The van der Waals surface area contributed by atoms with Gasteiger partial charge in [-0.15, -0.1) is 0 Å². The number of hydrogen-bond donors (Lipinski definition) is 0. The number of likely N-dealkylation sites (tertiary alicyclic amines) is 1. The van der Waals surface area contributed by atoms with Crippen molar-refractivity contribution < 1.29 is 4.79 Å². The van der Waals surface area contributed by atoms with Gasteiger partial charge in [-0.1, -0.05) is 44.2 Å². The molecule has 0 saturated carbocycles. The summed E-state index contributed by atoms with van der Waals surface area (Å²) in [7, 11) is 0. The van der Waals surface area contributed by atoms with E-state index in [4.69, 9.17) is 0 Å². The van der Waals surface area contributed by atoms with E-state index in [9.17, 15) is 10.1 Å². The second-order valence-electron chi connectivity index (χ2n) is 5.96. The molecule has 100 valence electrons. The molecule has 1 saturated heterocycles. The van der Waals surface area contributed by atoms with E-state index in [-0.39, 0.29) is 5.91 Å². The molecule has 0 spiro atoms. The Kier molecular flexibility index (Phi) is 3.90. The van der Waals surface area contributed by atoms with Gasteiger partial charge in [0, 0.05) is 13.1 Å². The van der Waals surface area contributed by atoms with E-state index in [0.717, 1.165) is 31.5 Å². The Morgan fingerprint density at radius 2 is 1.84 bits per heavy atom. The van der Waals surface area contributed by atoms with Crippen molar-refractivity contribution in [3.8, 4) is 6.07 Å². The number of rotatable bonds is 2. The fourth-order valence-electron chi connectivity index (χ4n) is 2.43. The Morgan fingerprint density at radius 3 is 2.37 bits per heavy atom. The average molecular weight is 256 g/mol. The van der Waals surface area contributed by atoms with Crippen LogP contribution in [0, 0.1) is 16.7 Å². The number of nitriles is 1. The van der Waals surface area contributed by atoms with Crippen LogP contribution in [0.2, 0.25) is 0 Å². The topological polar surface area (TPSA) is 44.1 Å². The maximum Gasteiger partial charge on any atom is 0.244 e. The van der Waals surface area contributed by atoms with Gasteiger partial charge in [0.05, 0.1) is 6.07 Å². The number of amides is 1. The van der Waals surface area contributed by atoms with Crippen LogP contribution in [0.15, 0.2) is 30.3 Å². The molecular weight excluding hydrogens is 236 g/mol. The highest BCUT2D eigenvalue weighted by Gasteiger charge is 2.31. The number of benzene rings is 1. The first kappa shape index (κ1) is 13.6. The first-order valence-corrected chi connectivity index (χ1v) is 6.77. The third-order valence-electron chi connectivity index (χ3n) is 3.94. The molecule has 1 aromatic rings. The summed E-state index contributed by atoms with van der Waals surface area (Å²) in [6.45, 7) is 5.98. The summed E-state index contributed by atoms with van der Waals surface area (Å²) in [5.41, 5.74) is 1.10. The van der Waals surface area contributed by atoms with Crippen LogP contribution < -0.4 is 0 Å². The van der Waals surface area contributed by atoms with E-state index in [0.29, 0.717) is 5.41 Å². The molecule has 1 aliphatic rings. The first-order chi connectivity index (χ1) is 9.03. The van der Waals surface area contributed by atoms with E-state index in [1.54, 1.807) is 0 Å². The Balaban J connectivity index is 2.09. The standard InChI is InChI=1S/C16H20N2O/c1-16(2)8-10-18(11-9-16)15(19)14(12-17)13-6-4-3-5-7-13/h3-7,14H,8-11H2,1-2H3. The molecule has 1 aliphatic heterocycles. The molecule has 1 atom stereocenters. The molecule has 19 heavy (non-hydrogen) atoms. The van der Waals surface area contributed by atoms with Gasteiger partial charge in [0.25, 0.3) is 0 Å². The summed E-state index contributed by atoms with van der Waals surface area (Å²) in [6.07, 6.45) is 2.01. The lowest BCUT2D eigenvalue weighted by Gasteiger charge is -2.37. The van der Waals surface area contributed by atoms with Gasteiger partial charge in [-0.3, -0.25) is 4.79 Å². The normalized spacial score (nSPS) is 19.5. The van der Waals surface area contributed by atoms with Crippen molar-refractivity contribution in [2.24, 2.45) is 5.41 Å². The summed E-state index contributed by atoms with van der Waals surface area (Å²) in [5.74, 6) is -0.716. The molecule has 2 rings (SSSR count). The van der Waals surface area contributed by atoms with E-state index in [1.165, 1.54) is 0 Å². The summed E-state index contributed by atoms with van der Waals surface area (Å²) in [5, 5.41) is 9.29. The fraction of sp³-hybridized carbons (Fsp3) is 0.500. The minimum absolute atomic E-state index is 0.0517. The van der Waals surface area contributed by atoms with E-state index in [2.05, 4.69) is 19.9 Å². The highest BCUT2D eigenvalue weighted by atomic mass is 16.2. The van der Waals surface area contributed by atoms with Crippen LogP contribution in [0.1, 0.15) is 38.2 Å². The minimum atomic E-state index is -0.664. The van der Waals surface area contributed by atoms with Gasteiger partial charge in [0.1, 0.15) is 5.92 Å². The van der Waals surface area contributed by atoms with Crippen molar-refractivity contribution in [1.82, 2.24) is 4.90 Å². The Labute approximate surface area is 114 Å². The van der Waals surface area contributed by atoms with Crippen molar-refractivity contribution in [3.63, 3.8) is 0 Å². The predicted molar refractivity (Wildman–Crippen MR) is 74.4 cm³/mol. The lowest BCUT2D eigenvalue weighted by molar-refractivity contribution is -0.133. The summed E-state index contributed by atoms with van der Waals surface area (Å²) < 4.78 is 0. The van der Waals surface area contributed by atoms with Crippen LogP contribution in [-0.4, -0.2) is 23.9 Å². The highest BCUT2D eigenvalue weighted by molar-refractivity contribution is 5.86. The van der Waals surface area contributed by atoms with Gasteiger partial charge in [-0.25, -0.2) is 0 Å². The predicted octanol–water partition coefficient (Wildman–Crippen LogP) is 2.94. The number of piperidine rings is 1. The third-order valence-corrected chi connectivity index (χ3v) is 3.94. The maximum absolute atomic E-state index is 12.4. The van der Waals surface area contributed by atoms with Crippen molar-refractivity contribution in [1.29, 1.82) is 5.26 Å². The zero-order chi connectivity index (χ0) is 13.9. The molecule has 0 bridgehead atoms. The van der Waals surface area contributed by atoms with E-state index < -0.39 is 5.92 Å². The van der Waals surface area contributed by atoms with Gasteiger partial charge < -0.3 is 4.90 Å². The molecule has 3 nitrogen and oxygen atoms in total. The minimum Gasteiger partial charge on any atom is -0.341 e. The van der Waals surface area contributed by atoms with Crippen LogP contribution in [-0.2, 0) is 4.79 Å². The van der Waals surface area contributed by atoms with Crippen LogP contribution in [0.25, 0.3) is 0 Å². The number of carbonyl (C=O) groups is 1. The fourth-order valence-corrected chi connectivity index (χ4v) is 2.43. The third kappa shape index (κ3) is 3.14. The number of hydrogen-bond acceptors (Lipinski definition) is 2. The molecule has 0 aliphatic carbocycles. The molecule has 1 amide bonds. The van der Waals surface area contributed by atoms with Crippen LogP contribution in [0.3, 0.4) is 0 Å². The van der Waals surface area contributed by atoms with Gasteiger partial charge in [-0.05, 0) is 23.8 Å². The molecule has 1 heterocycles. The van der Waals surface area contributed by atoms with E-state index in [1.807, 2.05) is 35.2 Å². The lowest BCUT2D eigenvalue weighted by Crippen LogP contribution is -2.43. The van der Waals surface area contributed by atoms with Crippen LogP contribution in [0.5, 0.6) is 0 Å². The molecule has 3 heteroatoms. The molecule has 1 unspecified atom stereocenters. The molecule has 0 N–H and O–H groups in total. The SMILES string of the molecule is CC1(C)CCN(C(=O)C(C#N)c2ccccc2)CC1. The Hall–Kier alpha value is -1.82. The second-order valence-corrected chi connectivity index (χ2v) is 5.96. The first-order valence-electron chi connectivity index (χ1n) is 6.77. The largest absolute Gasteiger partial charge is 0.341 e. The zero-order valence-corrected chi connectivity index (χ0v) is 11.6. The smallest absolute Gasteiger partial charge is 0.244 e. The highest BCUT2D eigenvalue weighted by Crippen LogP contribution is 2.31. The molecule has 1 aromatic carbocycles. The molecule has 1 fully saturated rings. The van der Waals surface area contributed by atoms with Crippen molar-refractivity contribution in [2.45, 2.75) is 32.6 Å². The Morgan fingerprint density at radius 1 is 1.26 bits per heavy atom. The monoisotopic (exact) mass is 256 g/mol. The van der Waals surface area contributed by atoms with Crippen LogP contribution >= 0.6 is 0 Å². The lowest BCUT2D eigenvalue weighted by atomic mass is 9.82. The summed E-state index contributed by atoms with van der Waals surface area (Å²) in [6, 6.07) is 11.5. The van der Waals surface area contributed by atoms with Gasteiger partial charge in [0.2, 0.25) is 5.91 Å². The summed E-state index contributed by atoms with van der Waals surface area (Å²) >= 11 is 0. The quantitative estimate of drug-likeness (QED) is 0.816. The Bertz CT molecular complexity index is 477. The maximum atomic E-state index is 12.4. The van der Waals surface area contributed by atoms with Crippen LogP contribution in [0.4, 0.5) is 0 Å². The van der Waals surface area contributed by atoms with Crippen molar-refractivity contribution >= 4 is 5.91 Å². The number of nitrogens with zero attached hydrogens (tertiary/aromatic N) is 2. The summed E-state index contributed by atoms with van der Waals surface area (Å²) in [4.78, 5) is 14.3. The average Bonchev–Trinajstić information content (AvgIpc) is 2.40. The molecule has 0 aromatic heterocycles. The van der Waals surface area contributed by atoms with Crippen molar-refractivity contribution in [2.75, 3.05) is 13.1 Å². The van der Waals surface area contributed by atoms with Gasteiger partial charge in [-0.2, -0.15) is 5.26 Å². The second kappa shape index (κ2) is 5.44. The molecule has 0 radical (unpaired) electrons. The van der Waals surface area contributed by atoms with E-state index >= 15 is 0 Å². The zero-order valence-electron chi connectivity index (χ0n) is 11.6. The van der Waals surface area contributed by atoms with Gasteiger partial charge >= 0.3 is 0 Å². The molecular formula is C16H20N2O.